The van der Waals surface area contributed by atoms with Crippen molar-refractivity contribution in [1.29, 1.82) is 0 Å². The van der Waals surface area contributed by atoms with Crippen LogP contribution in [0, 0.1) is 5.92 Å². The summed E-state index contributed by atoms with van der Waals surface area (Å²) in [5, 5.41) is 17.7. The van der Waals surface area contributed by atoms with Crippen molar-refractivity contribution in [2.24, 2.45) is 13.0 Å². The normalized spacial score (nSPS) is 29.0. The molecule has 0 radical (unpaired) electrons. The van der Waals surface area contributed by atoms with Crippen molar-refractivity contribution in [2.75, 3.05) is 6.54 Å². The van der Waals surface area contributed by atoms with E-state index in [0.717, 1.165) is 18.7 Å². The average molecular weight is 209 g/mol. The molecule has 0 spiro atoms. The molecule has 0 saturated carbocycles. The molecule has 2 heterocycles. The highest BCUT2D eigenvalue weighted by Crippen LogP contribution is 2.25. The summed E-state index contributed by atoms with van der Waals surface area (Å²) in [6.45, 7) is 3.24. The number of rotatable bonds is 2. The fraction of sp³-hybridized carbons (Fsp3) is 0.727. The maximum absolute atomic E-state index is 10.2. The van der Waals surface area contributed by atoms with Crippen LogP contribution in [0.25, 0.3) is 0 Å². The molecular formula is C11H19N3O. The Labute approximate surface area is 90.3 Å². The number of piperidine rings is 1. The summed E-state index contributed by atoms with van der Waals surface area (Å²) in [5.74, 6) is 0.694. The van der Waals surface area contributed by atoms with Crippen LogP contribution in [-0.4, -0.2) is 27.5 Å². The second-order valence-electron chi connectivity index (χ2n) is 4.51. The van der Waals surface area contributed by atoms with E-state index in [1.807, 2.05) is 13.1 Å². The van der Waals surface area contributed by atoms with E-state index in [9.17, 15) is 5.11 Å². The van der Waals surface area contributed by atoms with Crippen LogP contribution in [0.1, 0.15) is 31.6 Å². The molecule has 3 unspecified atom stereocenters. The van der Waals surface area contributed by atoms with Crippen LogP contribution in [0.3, 0.4) is 0 Å². The molecule has 15 heavy (non-hydrogen) atoms. The second kappa shape index (κ2) is 4.33. The fourth-order valence-electron chi connectivity index (χ4n) is 2.27. The van der Waals surface area contributed by atoms with Crippen LogP contribution in [0.2, 0.25) is 0 Å². The van der Waals surface area contributed by atoms with Gasteiger partial charge in [-0.15, -0.1) is 0 Å². The van der Waals surface area contributed by atoms with Gasteiger partial charge in [0.2, 0.25) is 0 Å². The molecule has 1 aliphatic rings. The molecule has 1 aromatic rings. The predicted octanol–water partition coefficient (Wildman–Crippen LogP) is 0.842. The van der Waals surface area contributed by atoms with E-state index in [0.29, 0.717) is 5.92 Å². The number of hydrogen-bond donors (Lipinski definition) is 2. The number of nitrogens with one attached hydrogen (secondary N) is 1. The zero-order valence-corrected chi connectivity index (χ0v) is 9.35. The molecule has 84 valence electrons. The van der Waals surface area contributed by atoms with E-state index in [2.05, 4.69) is 17.3 Å². The van der Waals surface area contributed by atoms with E-state index in [1.165, 1.54) is 6.42 Å². The van der Waals surface area contributed by atoms with Gasteiger partial charge in [-0.3, -0.25) is 4.68 Å². The van der Waals surface area contributed by atoms with Crippen molar-refractivity contribution in [1.82, 2.24) is 15.1 Å². The fourth-order valence-corrected chi connectivity index (χ4v) is 2.27. The average Bonchev–Trinajstić information content (AvgIpc) is 2.63. The molecule has 1 saturated heterocycles. The van der Waals surface area contributed by atoms with E-state index < -0.39 is 6.10 Å². The number of aliphatic hydroxyl groups is 1. The van der Waals surface area contributed by atoms with Crippen molar-refractivity contribution in [2.45, 2.75) is 31.9 Å². The van der Waals surface area contributed by atoms with Gasteiger partial charge in [0, 0.05) is 19.3 Å². The molecule has 3 atom stereocenters. The summed E-state index contributed by atoms with van der Waals surface area (Å²) in [6.07, 6.45) is 3.52. The maximum atomic E-state index is 10.2. The lowest BCUT2D eigenvalue weighted by Crippen LogP contribution is -2.42. The highest BCUT2D eigenvalue weighted by molar-refractivity contribution is 5.07. The molecule has 4 heteroatoms. The molecule has 4 nitrogen and oxygen atoms in total. The van der Waals surface area contributed by atoms with E-state index >= 15 is 0 Å². The van der Waals surface area contributed by atoms with Crippen LogP contribution in [0.15, 0.2) is 12.3 Å². The summed E-state index contributed by atoms with van der Waals surface area (Å²) in [7, 11) is 1.87. The molecule has 0 bridgehead atoms. The molecular weight excluding hydrogens is 190 g/mol. The lowest BCUT2D eigenvalue weighted by atomic mass is 9.90. The Bertz CT molecular complexity index is 323. The Morgan fingerprint density at radius 1 is 1.67 bits per heavy atom. The first-order chi connectivity index (χ1) is 7.18. The molecule has 2 rings (SSSR count). The minimum atomic E-state index is -0.444. The van der Waals surface area contributed by atoms with Crippen molar-refractivity contribution >= 4 is 0 Å². The van der Waals surface area contributed by atoms with Gasteiger partial charge in [0.1, 0.15) is 6.10 Å². The molecule has 1 fully saturated rings. The lowest BCUT2D eigenvalue weighted by molar-refractivity contribution is 0.0944. The zero-order valence-electron chi connectivity index (χ0n) is 9.35. The van der Waals surface area contributed by atoms with E-state index in [1.54, 1.807) is 10.9 Å². The van der Waals surface area contributed by atoms with Crippen molar-refractivity contribution in [3.63, 3.8) is 0 Å². The second-order valence-corrected chi connectivity index (χ2v) is 4.51. The first-order valence-corrected chi connectivity index (χ1v) is 5.58. The van der Waals surface area contributed by atoms with Crippen molar-refractivity contribution in [3.8, 4) is 0 Å². The van der Waals surface area contributed by atoms with Gasteiger partial charge in [-0.1, -0.05) is 6.92 Å². The highest BCUT2D eigenvalue weighted by Gasteiger charge is 2.27. The minimum absolute atomic E-state index is 0.171. The number of aliphatic hydroxyl groups excluding tert-OH is 1. The third-order valence-corrected chi connectivity index (χ3v) is 3.24. The summed E-state index contributed by atoms with van der Waals surface area (Å²) >= 11 is 0. The Balaban J connectivity index is 2.07. The van der Waals surface area contributed by atoms with Gasteiger partial charge in [-0.25, -0.2) is 0 Å². The Kier molecular flexibility index (Phi) is 3.07. The van der Waals surface area contributed by atoms with Gasteiger partial charge in [0.25, 0.3) is 0 Å². The molecule has 1 aromatic heterocycles. The summed E-state index contributed by atoms with van der Waals surface area (Å²) in [5.41, 5.74) is 0.890. The maximum Gasteiger partial charge on any atom is 0.111 e. The van der Waals surface area contributed by atoms with Gasteiger partial charge in [-0.05, 0) is 31.4 Å². The minimum Gasteiger partial charge on any atom is -0.385 e. The first kappa shape index (κ1) is 10.6. The van der Waals surface area contributed by atoms with Crippen LogP contribution >= 0.6 is 0 Å². The summed E-state index contributed by atoms with van der Waals surface area (Å²) in [4.78, 5) is 0. The number of hydrogen-bond acceptors (Lipinski definition) is 3. The summed E-state index contributed by atoms with van der Waals surface area (Å²) < 4.78 is 1.74. The number of aromatic nitrogens is 2. The zero-order chi connectivity index (χ0) is 10.8. The lowest BCUT2D eigenvalue weighted by Gasteiger charge is -2.31. The highest BCUT2D eigenvalue weighted by atomic mass is 16.3. The molecule has 2 N–H and O–H groups in total. The topological polar surface area (TPSA) is 50.1 Å². The van der Waals surface area contributed by atoms with E-state index in [4.69, 9.17) is 0 Å². The third-order valence-electron chi connectivity index (χ3n) is 3.24. The quantitative estimate of drug-likeness (QED) is 0.759. The van der Waals surface area contributed by atoms with Crippen LogP contribution in [0.5, 0.6) is 0 Å². The van der Waals surface area contributed by atoms with Gasteiger partial charge in [0.05, 0.1) is 5.69 Å². The van der Waals surface area contributed by atoms with Gasteiger partial charge in [-0.2, -0.15) is 5.10 Å². The van der Waals surface area contributed by atoms with Crippen molar-refractivity contribution < 1.29 is 5.11 Å². The van der Waals surface area contributed by atoms with Gasteiger partial charge in [0.15, 0.2) is 0 Å². The Hall–Kier alpha value is -0.870. The Morgan fingerprint density at radius 2 is 2.47 bits per heavy atom. The predicted molar refractivity (Wildman–Crippen MR) is 58.4 cm³/mol. The van der Waals surface area contributed by atoms with Crippen molar-refractivity contribution in [3.05, 3.63) is 18.0 Å². The first-order valence-electron chi connectivity index (χ1n) is 5.58. The Morgan fingerprint density at radius 3 is 3.07 bits per heavy atom. The van der Waals surface area contributed by atoms with E-state index in [-0.39, 0.29) is 6.04 Å². The third kappa shape index (κ3) is 2.21. The smallest absolute Gasteiger partial charge is 0.111 e. The largest absolute Gasteiger partial charge is 0.385 e. The summed E-state index contributed by atoms with van der Waals surface area (Å²) in [6, 6.07) is 2.05. The molecule has 1 aliphatic heterocycles. The molecule has 0 amide bonds. The van der Waals surface area contributed by atoms with Crippen LogP contribution < -0.4 is 5.32 Å². The SMILES string of the molecule is CC1CCNC(C(O)c2ccnn2C)C1. The molecule has 0 aliphatic carbocycles. The monoisotopic (exact) mass is 209 g/mol. The van der Waals surface area contributed by atoms with Crippen LogP contribution in [0.4, 0.5) is 0 Å². The van der Waals surface area contributed by atoms with Crippen LogP contribution in [-0.2, 0) is 7.05 Å². The van der Waals surface area contributed by atoms with Gasteiger partial charge < -0.3 is 10.4 Å². The molecule has 0 aromatic carbocycles. The number of nitrogens with zero attached hydrogens (tertiary/aromatic N) is 2. The number of aryl methyl sites for hydroxylation is 1. The standard InChI is InChI=1S/C11H19N3O/c1-8-3-5-12-9(7-8)11(15)10-4-6-13-14(10)2/h4,6,8-9,11-12,15H,3,5,7H2,1-2H3. The van der Waals surface area contributed by atoms with Gasteiger partial charge >= 0.3 is 0 Å².